The standard InChI is InChI=1S/C25H25N5O2/c1-18(31)28-11-13-29(14-12-28)24-23-22(19-7-4-3-5-8-19)16-30(25(23)27-17-26-24)20-9-6-10-21(15-20)32-2/h3-10,15-17H,11-14H2,1-2H3. The van der Waals surface area contributed by atoms with Crippen molar-refractivity contribution >= 4 is 22.8 Å². The fraction of sp³-hybridized carbons (Fsp3) is 0.240. The second kappa shape index (κ2) is 8.34. The Balaban J connectivity index is 1.68. The SMILES string of the molecule is COc1cccc(-n2cc(-c3ccccc3)c3c(N4CCN(C(C)=O)CC4)ncnc32)c1. The normalized spacial score (nSPS) is 14.1. The van der Waals surface area contributed by atoms with E-state index in [4.69, 9.17) is 9.72 Å². The highest BCUT2D eigenvalue weighted by Gasteiger charge is 2.24. The number of hydrogen-bond donors (Lipinski definition) is 0. The molecule has 0 saturated carbocycles. The van der Waals surface area contributed by atoms with Gasteiger partial charge in [-0.15, -0.1) is 0 Å². The van der Waals surface area contributed by atoms with Crippen LogP contribution in [0.3, 0.4) is 0 Å². The molecule has 7 nitrogen and oxygen atoms in total. The zero-order chi connectivity index (χ0) is 22.1. The fourth-order valence-corrected chi connectivity index (χ4v) is 4.31. The minimum atomic E-state index is 0.117. The van der Waals surface area contributed by atoms with Gasteiger partial charge in [0.15, 0.2) is 5.65 Å². The molecular formula is C25H25N5O2. The molecule has 1 saturated heterocycles. The summed E-state index contributed by atoms with van der Waals surface area (Å²) < 4.78 is 7.54. The molecule has 0 N–H and O–H groups in total. The van der Waals surface area contributed by atoms with Crippen LogP contribution in [0, 0.1) is 0 Å². The summed E-state index contributed by atoms with van der Waals surface area (Å²) in [5.74, 6) is 1.81. The number of ether oxygens (including phenoxy) is 1. The van der Waals surface area contributed by atoms with Crippen molar-refractivity contribution in [2.45, 2.75) is 6.92 Å². The van der Waals surface area contributed by atoms with Crippen molar-refractivity contribution in [3.05, 3.63) is 67.1 Å². The molecule has 3 heterocycles. The second-order valence-corrected chi connectivity index (χ2v) is 7.87. The predicted molar refractivity (Wildman–Crippen MR) is 125 cm³/mol. The summed E-state index contributed by atoms with van der Waals surface area (Å²) in [5.41, 5.74) is 4.00. The summed E-state index contributed by atoms with van der Waals surface area (Å²) in [5, 5.41) is 1.01. The number of amides is 1. The van der Waals surface area contributed by atoms with Crippen LogP contribution in [0.5, 0.6) is 5.75 Å². The zero-order valence-corrected chi connectivity index (χ0v) is 18.2. The van der Waals surface area contributed by atoms with Crippen LogP contribution in [0.4, 0.5) is 5.82 Å². The molecule has 4 aromatic rings. The average Bonchev–Trinajstić information content (AvgIpc) is 3.25. The molecule has 7 heteroatoms. The van der Waals surface area contributed by atoms with Gasteiger partial charge < -0.3 is 19.1 Å². The van der Waals surface area contributed by atoms with E-state index in [1.807, 2.05) is 47.4 Å². The van der Waals surface area contributed by atoms with E-state index in [2.05, 4.69) is 32.8 Å². The van der Waals surface area contributed by atoms with Gasteiger partial charge in [0, 0.05) is 50.9 Å². The molecule has 0 spiro atoms. The van der Waals surface area contributed by atoms with E-state index >= 15 is 0 Å². The Morgan fingerprint density at radius 1 is 0.969 bits per heavy atom. The van der Waals surface area contributed by atoms with Crippen molar-refractivity contribution < 1.29 is 9.53 Å². The van der Waals surface area contributed by atoms with Crippen LogP contribution in [0.2, 0.25) is 0 Å². The van der Waals surface area contributed by atoms with Gasteiger partial charge in [0.25, 0.3) is 0 Å². The zero-order valence-electron chi connectivity index (χ0n) is 18.2. The minimum Gasteiger partial charge on any atom is -0.497 e. The van der Waals surface area contributed by atoms with Crippen LogP contribution in [0.15, 0.2) is 67.1 Å². The van der Waals surface area contributed by atoms with Crippen molar-refractivity contribution in [1.29, 1.82) is 0 Å². The molecule has 1 aliphatic heterocycles. The summed E-state index contributed by atoms with van der Waals surface area (Å²) in [4.78, 5) is 25.3. The van der Waals surface area contributed by atoms with Gasteiger partial charge >= 0.3 is 0 Å². The van der Waals surface area contributed by atoms with Crippen LogP contribution < -0.4 is 9.64 Å². The molecule has 0 aliphatic carbocycles. The number of fused-ring (bicyclic) bond motifs is 1. The molecule has 2 aromatic heterocycles. The average molecular weight is 428 g/mol. The monoisotopic (exact) mass is 427 g/mol. The van der Waals surface area contributed by atoms with E-state index in [0.717, 1.165) is 52.5 Å². The van der Waals surface area contributed by atoms with E-state index in [9.17, 15) is 4.79 Å². The third-order valence-corrected chi connectivity index (χ3v) is 6.00. The number of methoxy groups -OCH3 is 1. The summed E-state index contributed by atoms with van der Waals surface area (Å²) in [7, 11) is 1.67. The molecule has 32 heavy (non-hydrogen) atoms. The number of carbonyl (C=O) groups excluding carboxylic acids is 1. The molecule has 1 amide bonds. The maximum Gasteiger partial charge on any atom is 0.219 e. The molecular weight excluding hydrogens is 402 g/mol. The summed E-state index contributed by atoms with van der Waals surface area (Å²) in [6.07, 6.45) is 3.75. The van der Waals surface area contributed by atoms with Crippen LogP contribution in [0.25, 0.3) is 27.8 Å². The van der Waals surface area contributed by atoms with Gasteiger partial charge in [0.05, 0.1) is 18.2 Å². The van der Waals surface area contributed by atoms with Crippen molar-refractivity contribution in [1.82, 2.24) is 19.4 Å². The van der Waals surface area contributed by atoms with Crippen molar-refractivity contribution in [2.24, 2.45) is 0 Å². The Morgan fingerprint density at radius 2 is 1.75 bits per heavy atom. The first-order chi connectivity index (χ1) is 15.7. The van der Waals surface area contributed by atoms with Gasteiger partial charge in [0.2, 0.25) is 5.91 Å². The molecule has 2 aromatic carbocycles. The molecule has 0 atom stereocenters. The molecule has 0 bridgehead atoms. The smallest absolute Gasteiger partial charge is 0.219 e. The quantitative estimate of drug-likeness (QED) is 0.496. The van der Waals surface area contributed by atoms with Crippen molar-refractivity contribution in [2.75, 3.05) is 38.2 Å². The van der Waals surface area contributed by atoms with E-state index in [1.54, 1.807) is 20.4 Å². The fourth-order valence-electron chi connectivity index (χ4n) is 4.31. The highest BCUT2D eigenvalue weighted by Crippen LogP contribution is 2.37. The number of aromatic nitrogens is 3. The topological polar surface area (TPSA) is 63.5 Å². The Kier molecular flexibility index (Phi) is 5.23. The van der Waals surface area contributed by atoms with Crippen LogP contribution in [-0.4, -0.2) is 58.6 Å². The van der Waals surface area contributed by atoms with Gasteiger partial charge in [-0.25, -0.2) is 9.97 Å². The second-order valence-electron chi connectivity index (χ2n) is 7.87. The number of benzene rings is 2. The summed E-state index contributed by atoms with van der Waals surface area (Å²) >= 11 is 0. The number of carbonyl (C=O) groups is 1. The number of piperazine rings is 1. The molecule has 5 rings (SSSR count). The number of hydrogen-bond acceptors (Lipinski definition) is 5. The van der Waals surface area contributed by atoms with Crippen LogP contribution >= 0.6 is 0 Å². The van der Waals surface area contributed by atoms with Gasteiger partial charge in [-0.3, -0.25) is 4.79 Å². The maximum atomic E-state index is 11.8. The lowest BCUT2D eigenvalue weighted by atomic mass is 10.1. The third-order valence-electron chi connectivity index (χ3n) is 6.00. The van der Waals surface area contributed by atoms with E-state index < -0.39 is 0 Å². The molecule has 0 unspecified atom stereocenters. The van der Waals surface area contributed by atoms with Gasteiger partial charge in [-0.05, 0) is 17.7 Å². The lowest BCUT2D eigenvalue weighted by Crippen LogP contribution is -2.48. The van der Waals surface area contributed by atoms with Gasteiger partial charge in [0.1, 0.15) is 17.9 Å². The van der Waals surface area contributed by atoms with E-state index in [0.29, 0.717) is 13.1 Å². The molecule has 1 fully saturated rings. The number of nitrogens with zero attached hydrogens (tertiary/aromatic N) is 5. The van der Waals surface area contributed by atoms with E-state index in [1.165, 1.54) is 0 Å². The first-order valence-electron chi connectivity index (χ1n) is 10.7. The van der Waals surface area contributed by atoms with Crippen molar-refractivity contribution in [3.8, 4) is 22.6 Å². The predicted octanol–water partition coefficient (Wildman–Crippen LogP) is 3.76. The highest BCUT2D eigenvalue weighted by atomic mass is 16.5. The summed E-state index contributed by atoms with van der Waals surface area (Å²) in [6, 6.07) is 18.3. The van der Waals surface area contributed by atoms with E-state index in [-0.39, 0.29) is 5.91 Å². The Bertz CT molecular complexity index is 1260. The number of rotatable bonds is 4. The Labute approximate surface area is 186 Å². The maximum absolute atomic E-state index is 11.8. The molecule has 0 radical (unpaired) electrons. The lowest BCUT2D eigenvalue weighted by Gasteiger charge is -2.35. The lowest BCUT2D eigenvalue weighted by molar-refractivity contribution is -0.129. The largest absolute Gasteiger partial charge is 0.497 e. The number of anilines is 1. The Hall–Kier alpha value is -3.87. The summed E-state index contributed by atoms with van der Waals surface area (Å²) in [6.45, 7) is 4.49. The van der Waals surface area contributed by atoms with Crippen LogP contribution in [0.1, 0.15) is 6.92 Å². The highest BCUT2D eigenvalue weighted by molar-refractivity contribution is 6.02. The molecule has 1 aliphatic rings. The third kappa shape index (κ3) is 3.56. The van der Waals surface area contributed by atoms with Gasteiger partial charge in [-0.1, -0.05) is 36.4 Å². The first kappa shape index (κ1) is 20.1. The van der Waals surface area contributed by atoms with Crippen LogP contribution in [-0.2, 0) is 4.79 Å². The Morgan fingerprint density at radius 3 is 2.47 bits per heavy atom. The van der Waals surface area contributed by atoms with Gasteiger partial charge in [-0.2, -0.15) is 0 Å². The van der Waals surface area contributed by atoms with Crippen molar-refractivity contribution in [3.63, 3.8) is 0 Å². The molecule has 162 valence electrons. The minimum absolute atomic E-state index is 0.117. The first-order valence-corrected chi connectivity index (χ1v) is 10.7.